The zero-order chi connectivity index (χ0) is 17.8. The molecule has 2 N–H and O–H groups in total. The van der Waals surface area contributed by atoms with Crippen molar-refractivity contribution in [1.29, 1.82) is 0 Å². The van der Waals surface area contributed by atoms with E-state index in [1.807, 2.05) is 0 Å². The van der Waals surface area contributed by atoms with Gasteiger partial charge in [-0.05, 0) is 33.1 Å². The number of rotatable bonds is 8. The molecule has 0 aromatic carbocycles. The summed E-state index contributed by atoms with van der Waals surface area (Å²) >= 11 is 0. The van der Waals surface area contributed by atoms with Gasteiger partial charge in [0.2, 0.25) is 0 Å². The number of hydrogen-bond donors (Lipinski definition) is 2. The van der Waals surface area contributed by atoms with E-state index in [9.17, 15) is 14.4 Å². The molecule has 1 saturated carbocycles. The van der Waals surface area contributed by atoms with E-state index >= 15 is 0 Å². The van der Waals surface area contributed by atoms with Gasteiger partial charge in [0.15, 0.2) is 0 Å². The zero-order valence-electron chi connectivity index (χ0n) is 14.5. The first-order chi connectivity index (χ1) is 11.5. The van der Waals surface area contributed by atoms with Crippen molar-refractivity contribution in [3.8, 4) is 0 Å². The predicted molar refractivity (Wildman–Crippen MR) is 89.4 cm³/mol. The number of nitrogens with one attached hydrogen (secondary N) is 2. The first kappa shape index (κ1) is 20.0. The van der Waals surface area contributed by atoms with E-state index < -0.39 is 11.9 Å². The van der Waals surface area contributed by atoms with Crippen molar-refractivity contribution in [2.24, 2.45) is 0 Å². The van der Waals surface area contributed by atoms with Gasteiger partial charge in [-0.3, -0.25) is 0 Å². The minimum Gasteiger partial charge on any atom is -0.462 e. The molecule has 7 heteroatoms. The van der Waals surface area contributed by atoms with Crippen molar-refractivity contribution in [2.45, 2.75) is 64.5 Å². The highest BCUT2D eigenvalue weighted by atomic mass is 16.5. The number of carbonyl (C=O) groups is 3. The summed E-state index contributed by atoms with van der Waals surface area (Å²) in [4.78, 5) is 34.3. The van der Waals surface area contributed by atoms with Crippen LogP contribution in [0.3, 0.4) is 0 Å². The van der Waals surface area contributed by atoms with Crippen LogP contribution in [0.4, 0.5) is 4.79 Å². The highest BCUT2D eigenvalue weighted by Gasteiger charge is 2.15. The normalized spacial score (nSPS) is 15.3. The third-order valence-corrected chi connectivity index (χ3v) is 3.50. The van der Waals surface area contributed by atoms with Gasteiger partial charge in [0, 0.05) is 24.7 Å². The Morgan fingerprint density at radius 2 is 1.75 bits per heavy atom. The number of ether oxygens (including phenoxy) is 2. The third-order valence-electron chi connectivity index (χ3n) is 3.50. The van der Waals surface area contributed by atoms with Crippen molar-refractivity contribution < 1.29 is 23.9 Å². The van der Waals surface area contributed by atoms with Crippen molar-refractivity contribution in [3.05, 3.63) is 12.2 Å². The first-order valence-corrected chi connectivity index (χ1v) is 8.57. The van der Waals surface area contributed by atoms with Crippen molar-refractivity contribution in [2.75, 3.05) is 13.2 Å². The van der Waals surface area contributed by atoms with Crippen molar-refractivity contribution in [1.82, 2.24) is 10.6 Å². The van der Waals surface area contributed by atoms with Gasteiger partial charge in [0.1, 0.15) is 0 Å². The number of carbonyl (C=O) groups excluding carboxylic acids is 3. The molecule has 0 aliphatic heterocycles. The van der Waals surface area contributed by atoms with E-state index in [1.54, 1.807) is 13.8 Å². The van der Waals surface area contributed by atoms with Crippen LogP contribution < -0.4 is 10.6 Å². The molecule has 0 spiro atoms. The Morgan fingerprint density at radius 1 is 1.08 bits per heavy atom. The van der Waals surface area contributed by atoms with Gasteiger partial charge < -0.3 is 20.1 Å². The average Bonchev–Trinajstić information content (AvgIpc) is 2.53. The van der Waals surface area contributed by atoms with E-state index in [1.165, 1.54) is 19.3 Å². The maximum Gasteiger partial charge on any atom is 0.331 e. The van der Waals surface area contributed by atoms with Crippen LogP contribution >= 0.6 is 0 Å². The quantitative estimate of drug-likeness (QED) is 0.401. The molecule has 0 bridgehead atoms. The minimum absolute atomic E-state index is 0.173. The van der Waals surface area contributed by atoms with Gasteiger partial charge in [-0.1, -0.05) is 19.3 Å². The van der Waals surface area contributed by atoms with E-state index in [0.29, 0.717) is 13.0 Å². The molecule has 1 aliphatic rings. The molecule has 136 valence electrons. The Balaban J connectivity index is 2.04. The topological polar surface area (TPSA) is 93.7 Å². The fraction of sp³-hybridized carbons (Fsp3) is 0.706. The molecule has 1 aliphatic carbocycles. The first-order valence-electron chi connectivity index (χ1n) is 8.57. The molecule has 0 radical (unpaired) electrons. The Labute approximate surface area is 143 Å². The van der Waals surface area contributed by atoms with E-state index in [-0.39, 0.29) is 24.8 Å². The second-order valence-corrected chi connectivity index (χ2v) is 6.08. The summed E-state index contributed by atoms with van der Waals surface area (Å²) in [5, 5.41) is 5.69. The Morgan fingerprint density at radius 3 is 2.42 bits per heavy atom. The molecule has 7 nitrogen and oxygen atoms in total. The van der Waals surface area contributed by atoms with E-state index in [0.717, 1.165) is 25.0 Å². The highest BCUT2D eigenvalue weighted by molar-refractivity contribution is 5.91. The van der Waals surface area contributed by atoms with Gasteiger partial charge in [-0.2, -0.15) is 0 Å². The molecule has 0 saturated heterocycles. The molecule has 0 unspecified atom stereocenters. The molecular weight excluding hydrogens is 312 g/mol. The van der Waals surface area contributed by atoms with Gasteiger partial charge in [0.25, 0.3) is 0 Å². The van der Waals surface area contributed by atoms with Crippen LogP contribution in [0.5, 0.6) is 0 Å². The fourth-order valence-corrected chi connectivity index (χ4v) is 2.39. The minimum atomic E-state index is -0.609. The van der Waals surface area contributed by atoms with E-state index in [2.05, 4.69) is 10.6 Å². The molecule has 24 heavy (non-hydrogen) atoms. The lowest BCUT2D eigenvalue weighted by molar-refractivity contribution is -0.142. The lowest BCUT2D eigenvalue weighted by Gasteiger charge is -2.22. The Hall–Kier alpha value is -2.05. The van der Waals surface area contributed by atoms with Crippen LogP contribution in [-0.4, -0.2) is 43.3 Å². The van der Waals surface area contributed by atoms with Crippen molar-refractivity contribution in [3.63, 3.8) is 0 Å². The van der Waals surface area contributed by atoms with Gasteiger partial charge in [-0.15, -0.1) is 0 Å². The maximum atomic E-state index is 11.7. The van der Waals surface area contributed by atoms with Gasteiger partial charge >= 0.3 is 18.0 Å². The van der Waals surface area contributed by atoms with Crippen LogP contribution in [0.25, 0.3) is 0 Å². The van der Waals surface area contributed by atoms with Crippen LogP contribution in [0.2, 0.25) is 0 Å². The number of esters is 2. The monoisotopic (exact) mass is 340 g/mol. The Kier molecular flexibility index (Phi) is 9.56. The van der Waals surface area contributed by atoms with E-state index in [4.69, 9.17) is 9.47 Å². The molecule has 1 rings (SSSR count). The molecule has 1 fully saturated rings. The molecule has 0 aromatic rings. The molecule has 0 heterocycles. The third kappa shape index (κ3) is 9.86. The molecule has 0 aromatic heterocycles. The van der Waals surface area contributed by atoms with Crippen LogP contribution in [0, 0.1) is 0 Å². The molecule has 2 amide bonds. The highest BCUT2D eigenvalue weighted by Crippen LogP contribution is 2.17. The lowest BCUT2D eigenvalue weighted by Crippen LogP contribution is -2.43. The standard InChI is InChI=1S/C17H28N2O5/c1-13(2)24-16(21)10-9-15(20)23-12-6-11-18-17(22)19-14-7-4-3-5-8-14/h9-10,13-14H,3-8,11-12H2,1-2H3,(H2,18,19,22)/b10-9+. The maximum absolute atomic E-state index is 11.7. The smallest absolute Gasteiger partial charge is 0.331 e. The fourth-order valence-electron chi connectivity index (χ4n) is 2.39. The summed E-state index contributed by atoms with van der Waals surface area (Å²) in [6.07, 6.45) is 8.00. The second-order valence-electron chi connectivity index (χ2n) is 6.08. The average molecular weight is 340 g/mol. The molecular formula is C17H28N2O5. The SMILES string of the molecule is CC(C)OC(=O)/C=C/C(=O)OCCCNC(=O)NC1CCCCC1. The summed E-state index contributed by atoms with van der Waals surface area (Å²) in [5.41, 5.74) is 0. The van der Waals surface area contributed by atoms with Crippen LogP contribution in [0.15, 0.2) is 12.2 Å². The number of urea groups is 1. The largest absolute Gasteiger partial charge is 0.462 e. The Bertz CT molecular complexity index is 442. The van der Waals surface area contributed by atoms with Gasteiger partial charge in [0.05, 0.1) is 12.7 Å². The molecule has 0 atom stereocenters. The zero-order valence-corrected chi connectivity index (χ0v) is 14.5. The van der Waals surface area contributed by atoms with Crippen LogP contribution in [-0.2, 0) is 19.1 Å². The lowest BCUT2D eigenvalue weighted by atomic mass is 9.96. The predicted octanol–water partition coefficient (Wildman–Crippen LogP) is 2.06. The number of amides is 2. The summed E-state index contributed by atoms with van der Waals surface area (Å²) < 4.78 is 9.77. The van der Waals surface area contributed by atoms with Gasteiger partial charge in [-0.25, -0.2) is 14.4 Å². The van der Waals surface area contributed by atoms with Crippen molar-refractivity contribution >= 4 is 18.0 Å². The van der Waals surface area contributed by atoms with Crippen LogP contribution in [0.1, 0.15) is 52.4 Å². The second kappa shape index (κ2) is 11.5. The summed E-state index contributed by atoms with van der Waals surface area (Å²) in [7, 11) is 0. The summed E-state index contributed by atoms with van der Waals surface area (Å²) in [6, 6.07) is 0.0943. The summed E-state index contributed by atoms with van der Waals surface area (Å²) in [6.45, 7) is 4.04. The number of hydrogen-bond acceptors (Lipinski definition) is 5. The summed E-state index contributed by atoms with van der Waals surface area (Å²) in [5.74, 6) is -1.19.